The highest BCUT2D eigenvalue weighted by Gasteiger charge is 2.44. The van der Waals surface area contributed by atoms with E-state index < -0.39 is 17.4 Å². The number of halogens is 1. The van der Waals surface area contributed by atoms with Gasteiger partial charge >= 0.3 is 6.03 Å². The molecule has 1 aromatic carbocycles. The van der Waals surface area contributed by atoms with E-state index >= 15 is 0 Å². The maximum Gasteiger partial charge on any atom is 0.325 e. The fourth-order valence-corrected chi connectivity index (χ4v) is 2.11. The Morgan fingerprint density at radius 3 is 2.62 bits per heavy atom. The Kier molecular flexibility index (Phi) is 3.96. The fraction of sp³-hybridized carbons (Fsp3) is 0.333. The highest BCUT2D eigenvalue weighted by Crippen LogP contribution is 2.20. The Bertz CT molecular complexity index is 659. The molecule has 21 heavy (non-hydrogen) atoms. The van der Waals surface area contributed by atoms with Gasteiger partial charge in [0, 0.05) is 5.56 Å². The molecule has 1 aliphatic heterocycles. The number of hydrogen-bond acceptors (Lipinski definition) is 3. The van der Waals surface area contributed by atoms with Gasteiger partial charge in [0.1, 0.15) is 11.4 Å². The molecule has 3 N–H and O–H groups in total. The number of amides is 3. The molecule has 3 amide bonds. The van der Waals surface area contributed by atoms with Crippen molar-refractivity contribution in [2.24, 2.45) is 5.73 Å². The van der Waals surface area contributed by atoms with Gasteiger partial charge in [-0.3, -0.25) is 9.69 Å². The number of nitrogens with one attached hydrogen (secondary N) is 1. The van der Waals surface area contributed by atoms with Crippen LogP contribution in [-0.2, 0) is 11.3 Å². The fourth-order valence-electron chi connectivity index (χ4n) is 2.11. The van der Waals surface area contributed by atoms with Gasteiger partial charge in [-0.15, -0.1) is 0 Å². The van der Waals surface area contributed by atoms with Gasteiger partial charge in [0.15, 0.2) is 0 Å². The molecule has 110 valence electrons. The van der Waals surface area contributed by atoms with E-state index in [0.717, 1.165) is 4.90 Å². The van der Waals surface area contributed by atoms with Gasteiger partial charge in [0.2, 0.25) is 0 Å². The first-order chi connectivity index (χ1) is 9.83. The van der Waals surface area contributed by atoms with Crippen LogP contribution in [0.25, 0.3) is 0 Å². The summed E-state index contributed by atoms with van der Waals surface area (Å²) in [6.07, 6.45) is 0. The summed E-state index contributed by atoms with van der Waals surface area (Å²) in [6.45, 7) is 3.42. The monoisotopic (exact) mass is 289 g/mol. The average molecular weight is 289 g/mol. The Labute approximate surface area is 122 Å². The second kappa shape index (κ2) is 5.54. The Balaban J connectivity index is 2.26. The number of rotatable bonds is 2. The minimum atomic E-state index is -0.938. The number of nitrogens with zero attached hydrogens (tertiary/aromatic N) is 1. The third-order valence-electron chi connectivity index (χ3n) is 3.08. The van der Waals surface area contributed by atoms with Crippen LogP contribution in [0.1, 0.15) is 25.0 Å². The highest BCUT2D eigenvalue weighted by atomic mass is 19.1. The summed E-state index contributed by atoms with van der Waals surface area (Å²) >= 11 is 0. The number of hydrogen-bond donors (Lipinski definition) is 2. The molecule has 1 fully saturated rings. The number of urea groups is 1. The number of imide groups is 1. The summed E-state index contributed by atoms with van der Waals surface area (Å²) in [7, 11) is 0. The molecule has 0 bridgehead atoms. The summed E-state index contributed by atoms with van der Waals surface area (Å²) in [4.78, 5) is 25.0. The van der Waals surface area contributed by atoms with Crippen LogP contribution >= 0.6 is 0 Å². The van der Waals surface area contributed by atoms with Gasteiger partial charge in [-0.25, -0.2) is 9.18 Å². The second-order valence-corrected chi connectivity index (χ2v) is 5.30. The lowest BCUT2D eigenvalue weighted by Crippen LogP contribution is -2.40. The Hall–Kier alpha value is -2.39. The van der Waals surface area contributed by atoms with E-state index in [0.29, 0.717) is 11.1 Å². The van der Waals surface area contributed by atoms with Crippen LogP contribution in [0.3, 0.4) is 0 Å². The molecular weight excluding hydrogens is 273 g/mol. The first kappa shape index (κ1) is 15.0. The largest absolute Gasteiger partial charge is 0.325 e. The summed E-state index contributed by atoms with van der Waals surface area (Å²) < 4.78 is 13.6. The van der Waals surface area contributed by atoms with E-state index in [4.69, 9.17) is 5.73 Å². The molecule has 0 unspecified atom stereocenters. The van der Waals surface area contributed by atoms with Crippen molar-refractivity contribution in [3.8, 4) is 11.8 Å². The van der Waals surface area contributed by atoms with Gasteiger partial charge in [0.05, 0.1) is 13.1 Å². The molecule has 0 atom stereocenters. The molecule has 1 heterocycles. The molecule has 0 aliphatic carbocycles. The molecule has 0 saturated carbocycles. The predicted molar refractivity (Wildman–Crippen MR) is 75.5 cm³/mol. The van der Waals surface area contributed by atoms with Crippen LogP contribution in [-0.4, -0.2) is 28.9 Å². The van der Waals surface area contributed by atoms with Crippen molar-refractivity contribution in [1.29, 1.82) is 0 Å². The zero-order chi connectivity index (χ0) is 15.6. The minimum Gasteiger partial charge on any atom is -0.324 e. The lowest BCUT2D eigenvalue weighted by atomic mass is 10.1. The quantitative estimate of drug-likeness (QED) is 0.629. The van der Waals surface area contributed by atoms with E-state index in [1.807, 2.05) is 0 Å². The van der Waals surface area contributed by atoms with Crippen molar-refractivity contribution < 1.29 is 14.0 Å². The van der Waals surface area contributed by atoms with E-state index in [2.05, 4.69) is 17.2 Å². The molecule has 0 spiro atoms. The topological polar surface area (TPSA) is 75.4 Å². The van der Waals surface area contributed by atoms with Crippen molar-refractivity contribution in [3.63, 3.8) is 0 Å². The normalized spacial score (nSPS) is 16.5. The molecular formula is C15H16FN3O2. The third-order valence-corrected chi connectivity index (χ3v) is 3.08. The third kappa shape index (κ3) is 3.20. The molecule has 1 aromatic rings. The Morgan fingerprint density at radius 1 is 1.33 bits per heavy atom. The van der Waals surface area contributed by atoms with Crippen molar-refractivity contribution >= 4 is 11.9 Å². The molecule has 0 aromatic heterocycles. The zero-order valence-electron chi connectivity index (χ0n) is 11.9. The standard InChI is InChI=1S/C15H16FN3O2/c1-15(2)13(20)19(14(21)18-15)9-11-6-10(4-3-5-17)7-12(16)8-11/h6-8H,5,9,17H2,1-2H3,(H,18,21). The first-order valence-electron chi connectivity index (χ1n) is 6.46. The summed E-state index contributed by atoms with van der Waals surface area (Å²) in [5.74, 6) is 4.55. The SMILES string of the molecule is CC1(C)NC(=O)N(Cc2cc(F)cc(C#CCN)c2)C1=O. The van der Waals surface area contributed by atoms with Gasteiger partial charge in [-0.2, -0.15) is 0 Å². The second-order valence-electron chi connectivity index (χ2n) is 5.30. The van der Waals surface area contributed by atoms with Crippen molar-refractivity contribution in [2.45, 2.75) is 25.9 Å². The van der Waals surface area contributed by atoms with Crippen LogP contribution in [0.5, 0.6) is 0 Å². The van der Waals surface area contributed by atoms with Gasteiger partial charge in [-0.1, -0.05) is 11.8 Å². The lowest BCUT2D eigenvalue weighted by Gasteiger charge is -2.16. The molecule has 2 rings (SSSR count). The summed E-state index contributed by atoms with van der Waals surface area (Å²) in [6, 6.07) is 3.71. The van der Waals surface area contributed by atoms with Crippen molar-refractivity contribution in [1.82, 2.24) is 10.2 Å². The highest BCUT2D eigenvalue weighted by molar-refractivity contribution is 6.06. The maximum atomic E-state index is 13.6. The lowest BCUT2D eigenvalue weighted by molar-refractivity contribution is -0.130. The van der Waals surface area contributed by atoms with Gasteiger partial charge in [0.25, 0.3) is 5.91 Å². The molecule has 6 heteroatoms. The maximum absolute atomic E-state index is 13.6. The first-order valence-corrected chi connectivity index (χ1v) is 6.46. The average Bonchev–Trinajstić information content (AvgIpc) is 2.58. The smallest absolute Gasteiger partial charge is 0.324 e. The molecule has 5 nitrogen and oxygen atoms in total. The zero-order valence-corrected chi connectivity index (χ0v) is 11.9. The summed E-state index contributed by atoms with van der Waals surface area (Å²) in [5, 5.41) is 2.58. The number of benzene rings is 1. The van der Waals surface area contributed by atoms with Crippen LogP contribution in [0, 0.1) is 17.7 Å². The number of carbonyl (C=O) groups excluding carboxylic acids is 2. The van der Waals surface area contributed by atoms with E-state index in [1.54, 1.807) is 19.9 Å². The number of carbonyl (C=O) groups is 2. The van der Waals surface area contributed by atoms with Crippen LogP contribution < -0.4 is 11.1 Å². The van der Waals surface area contributed by atoms with Crippen LogP contribution in [0.4, 0.5) is 9.18 Å². The Morgan fingerprint density at radius 2 is 2.05 bits per heavy atom. The van der Waals surface area contributed by atoms with Gasteiger partial charge < -0.3 is 11.1 Å². The van der Waals surface area contributed by atoms with E-state index in [1.165, 1.54) is 12.1 Å². The molecule has 1 aliphatic rings. The molecule has 0 radical (unpaired) electrons. The summed E-state index contributed by atoms with van der Waals surface area (Å²) in [5.41, 5.74) is 5.30. The number of nitrogens with two attached hydrogens (primary N) is 1. The van der Waals surface area contributed by atoms with Crippen molar-refractivity contribution in [3.05, 3.63) is 35.1 Å². The van der Waals surface area contributed by atoms with Crippen LogP contribution in [0.2, 0.25) is 0 Å². The molecule has 1 saturated heterocycles. The van der Waals surface area contributed by atoms with E-state index in [-0.39, 0.29) is 19.0 Å². The predicted octanol–water partition coefficient (Wildman–Crippen LogP) is 0.966. The minimum absolute atomic E-state index is 0.00314. The van der Waals surface area contributed by atoms with Crippen molar-refractivity contribution in [2.75, 3.05) is 6.54 Å². The van der Waals surface area contributed by atoms with Gasteiger partial charge in [-0.05, 0) is 37.6 Å². The van der Waals surface area contributed by atoms with E-state index in [9.17, 15) is 14.0 Å². The van der Waals surface area contributed by atoms with Crippen LogP contribution in [0.15, 0.2) is 18.2 Å².